The topological polar surface area (TPSA) is 18.5 Å². The largest absolute Gasteiger partial charge is 0.461 e. The second-order valence-corrected chi connectivity index (χ2v) is 1.98. The van der Waals surface area contributed by atoms with Crippen LogP contribution in [0.5, 0.6) is 0 Å². The first kappa shape index (κ1) is 6.84. The van der Waals surface area contributed by atoms with E-state index in [0.717, 1.165) is 19.5 Å². The molecule has 0 bridgehead atoms. The highest BCUT2D eigenvalue weighted by Crippen LogP contribution is 2.04. The fourth-order valence-electron chi connectivity index (χ4n) is 0.791. The van der Waals surface area contributed by atoms with Crippen molar-refractivity contribution < 1.29 is 9.31 Å². The summed E-state index contributed by atoms with van der Waals surface area (Å²) >= 11 is 0. The molecule has 0 N–H and O–H groups in total. The van der Waals surface area contributed by atoms with Crippen LogP contribution in [0.3, 0.4) is 0 Å². The molecule has 0 spiro atoms. The molecule has 1 fully saturated rings. The monoisotopic (exact) mass is 126 g/mol. The van der Waals surface area contributed by atoms with Crippen LogP contribution in [0.25, 0.3) is 0 Å². The second-order valence-electron chi connectivity index (χ2n) is 1.98. The molecule has 1 saturated heterocycles. The van der Waals surface area contributed by atoms with E-state index in [9.17, 15) is 0 Å². The van der Waals surface area contributed by atoms with Crippen molar-refractivity contribution >= 4 is 7.12 Å². The Balaban J connectivity index is 2.11. The molecule has 0 atom stereocenters. The van der Waals surface area contributed by atoms with Gasteiger partial charge < -0.3 is 9.31 Å². The number of hydrogen-bond donors (Lipinski definition) is 0. The number of allylic oxidation sites excluding steroid dienone is 2. The maximum absolute atomic E-state index is 5.18. The van der Waals surface area contributed by atoms with Gasteiger partial charge in [0.25, 0.3) is 0 Å². The van der Waals surface area contributed by atoms with E-state index in [2.05, 4.69) is 6.08 Å². The summed E-state index contributed by atoms with van der Waals surface area (Å²) in [6.07, 6.45) is 4.94. The first-order valence-corrected chi connectivity index (χ1v) is 3.28. The van der Waals surface area contributed by atoms with Gasteiger partial charge in [-0.05, 0) is 6.92 Å². The molecule has 0 aliphatic carbocycles. The molecule has 0 radical (unpaired) electrons. The summed E-state index contributed by atoms with van der Waals surface area (Å²) in [5.41, 5.74) is 0. The zero-order valence-corrected chi connectivity index (χ0v) is 5.67. The Labute approximate surface area is 56.0 Å². The molecular formula is C6H11BO2. The molecule has 0 saturated carbocycles. The Bertz CT molecular complexity index is 97.2. The van der Waals surface area contributed by atoms with Crippen LogP contribution in [0, 0.1) is 0 Å². The second kappa shape index (κ2) is 3.69. The normalized spacial score (nSPS) is 19.9. The Kier molecular flexibility index (Phi) is 2.81. The summed E-state index contributed by atoms with van der Waals surface area (Å²) in [5, 5.41) is 0. The fraction of sp³-hybridized carbons (Fsp3) is 0.667. The smallest absolute Gasteiger partial charge is 0.409 e. The quantitative estimate of drug-likeness (QED) is 0.407. The van der Waals surface area contributed by atoms with Crippen molar-refractivity contribution in [1.82, 2.24) is 0 Å². The van der Waals surface area contributed by atoms with E-state index >= 15 is 0 Å². The fourth-order valence-corrected chi connectivity index (χ4v) is 0.791. The number of rotatable bonds is 2. The van der Waals surface area contributed by atoms with Gasteiger partial charge in [0, 0.05) is 6.32 Å². The molecule has 0 aromatic rings. The van der Waals surface area contributed by atoms with Gasteiger partial charge in [0.1, 0.15) is 0 Å². The van der Waals surface area contributed by atoms with Crippen molar-refractivity contribution in [3.8, 4) is 0 Å². The van der Waals surface area contributed by atoms with E-state index in [0.29, 0.717) is 0 Å². The van der Waals surface area contributed by atoms with E-state index in [-0.39, 0.29) is 7.12 Å². The molecule has 0 unspecified atom stereocenters. The molecule has 1 heterocycles. The molecule has 0 aromatic carbocycles. The Hall–Kier alpha value is -0.275. The molecule has 0 amide bonds. The van der Waals surface area contributed by atoms with Gasteiger partial charge in [0.15, 0.2) is 0 Å². The standard InChI is InChI=1S/C6H11BO2/c1-2-3-4-7-8-5-6-9-7/h2-3H,4-6H2,1H3/b3-2-. The highest BCUT2D eigenvalue weighted by Gasteiger charge is 2.20. The lowest BCUT2D eigenvalue weighted by atomic mass is 9.85. The first-order chi connectivity index (χ1) is 4.43. The Morgan fingerprint density at radius 1 is 1.44 bits per heavy atom. The Morgan fingerprint density at radius 3 is 2.67 bits per heavy atom. The SMILES string of the molecule is C/C=C\CB1OCCO1. The third-order valence-corrected chi connectivity index (χ3v) is 1.26. The van der Waals surface area contributed by atoms with Crippen molar-refractivity contribution in [2.24, 2.45) is 0 Å². The maximum atomic E-state index is 5.18. The van der Waals surface area contributed by atoms with Crippen molar-refractivity contribution in [1.29, 1.82) is 0 Å². The van der Waals surface area contributed by atoms with Crippen LogP contribution in [0.1, 0.15) is 6.92 Å². The third-order valence-electron chi connectivity index (χ3n) is 1.26. The molecule has 9 heavy (non-hydrogen) atoms. The van der Waals surface area contributed by atoms with Gasteiger partial charge in [-0.2, -0.15) is 0 Å². The van der Waals surface area contributed by atoms with Gasteiger partial charge in [0.05, 0.1) is 13.2 Å². The van der Waals surface area contributed by atoms with E-state index < -0.39 is 0 Å². The minimum Gasteiger partial charge on any atom is -0.409 e. The van der Waals surface area contributed by atoms with E-state index in [1.807, 2.05) is 13.0 Å². The van der Waals surface area contributed by atoms with Crippen molar-refractivity contribution in [3.05, 3.63) is 12.2 Å². The lowest BCUT2D eigenvalue weighted by molar-refractivity contribution is 0.365. The van der Waals surface area contributed by atoms with E-state index in [1.54, 1.807) is 0 Å². The molecule has 0 aromatic heterocycles. The average Bonchev–Trinajstić information content (AvgIpc) is 2.34. The lowest BCUT2D eigenvalue weighted by Crippen LogP contribution is -2.11. The zero-order valence-electron chi connectivity index (χ0n) is 5.67. The molecule has 1 aliphatic heterocycles. The molecule has 1 aliphatic rings. The Morgan fingerprint density at radius 2 is 2.11 bits per heavy atom. The molecule has 3 heteroatoms. The summed E-state index contributed by atoms with van der Waals surface area (Å²) < 4.78 is 10.4. The van der Waals surface area contributed by atoms with Crippen LogP contribution < -0.4 is 0 Å². The van der Waals surface area contributed by atoms with Crippen LogP contribution in [-0.2, 0) is 9.31 Å². The minimum atomic E-state index is 0.0289. The first-order valence-electron chi connectivity index (χ1n) is 3.28. The van der Waals surface area contributed by atoms with Crippen LogP contribution in [0.2, 0.25) is 6.32 Å². The van der Waals surface area contributed by atoms with Crippen LogP contribution in [-0.4, -0.2) is 20.3 Å². The minimum absolute atomic E-state index is 0.0289. The van der Waals surface area contributed by atoms with Gasteiger partial charge in [0.2, 0.25) is 0 Å². The predicted molar refractivity (Wildman–Crippen MR) is 37.3 cm³/mol. The zero-order chi connectivity index (χ0) is 6.53. The van der Waals surface area contributed by atoms with Gasteiger partial charge in [-0.1, -0.05) is 12.2 Å². The molecule has 2 nitrogen and oxygen atoms in total. The van der Waals surface area contributed by atoms with Gasteiger partial charge in [-0.3, -0.25) is 0 Å². The lowest BCUT2D eigenvalue weighted by Gasteiger charge is -1.96. The predicted octanol–water partition coefficient (Wildman–Crippen LogP) is 1.10. The highest BCUT2D eigenvalue weighted by atomic mass is 16.6. The highest BCUT2D eigenvalue weighted by molar-refractivity contribution is 6.45. The van der Waals surface area contributed by atoms with Crippen LogP contribution >= 0.6 is 0 Å². The third kappa shape index (κ3) is 2.20. The summed E-state index contributed by atoms with van der Waals surface area (Å²) in [6, 6.07) is 0. The molecule has 1 rings (SSSR count). The van der Waals surface area contributed by atoms with E-state index in [4.69, 9.17) is 9.31 Å². The van der Waals surface area contributed by atoms with Crippen LogP contribution in [0.15, 0.2) is 12.2 Å². The molecular weight excluding hydrogens is 115 g/mol. The van der Waals surface area contributed by atoms with Crippen molar-refractivity contribution in [2.45, 2.75) is 13.2 Å². The van der Waals surface area contributed by atoms with Gasteiger partial charge >= 0.3 is 7.12 Å². The van der Waals surface area contributed by atoms with Crippen LogP contribution in [0.4, 0.5) is 0 Å². The number of hydrogen-bond acceptors (Lipinski definition) is 2. The average molecular weight is 126 g/mol. The maximum Gasteiger partial charge on any atom is 0.461 e. The van der Waals surface area contributed by atoms with Gasteiger partial charge in [-0.25, -0.2) is 0 Å². The van der Waals surface area contributed by atoms with Crippen molar-refractivity contribution in [2.75, 3.05) is 13.2 Å². The molecule has 50 valence electrons. The summed E-state index contributed by atoms with van der Waals surface area (Å²) in [7, 11) is 0.0289. The summed E-state index contributed by atoms with van der Waals surface area (Å²) in [4.78, 5) is 0. The van der Waals surface area contributed by atoms with Gasteiger partial charge in [-0.15, -0.1) is 0 Å². The van der Waals surface area contributed by atoms with E-state index in [1.165, 1.54) is 0 Å². The summed E-state index contributed by atoms with van der Waals surface area (Å²) in [5.74, 6) is 0. The summed E-state index contributed by atoms with van der Waals surface area (Å²) in [6.45, 7) is 3.50. The van der Waals surface area contributed by atoms with Crippen molar-refractivity contribution in [3.63, 3.8) is 0 Å².